The summed E-state index contributed by atoms with van der Waals surface area (Å²) < 4.78 is 27.7. The van der Waals surface area contributed by atoms with Crippen molar-refractivity contribution in [1.29, 1.82) is 0 Å². The fraction of sp³-hybridized carbons (Fsp3) is 0.562. The molecule has 222 valence electrons. The fourth-order valence-electron chi connectivity index (χ4n) is 4.91. The standard InChI is InChI=1S/C32H47F2N3O3/c1-6-12-37(13-7-2)31(40)20-32(4,5)19-30(39)36-28(17-25-15-26(33)18-27(34)16-25)29(38)22-35-21-24-11-9-10-23(8-3)14-24/h9-11,14-16,18,28-29,35,38H,6-8,12-13,17,19-22H2,1-5H3,(H,36,39)/t28-,29+/m0/s1. The second-order valence-corrected chi connectivity index (χ2v) is 11.4. The van der Waals surface area contributed by atoms with Crippen molar-refractivity contribution in [3.8, 4) is 0 Å². The first-order valence-corrected chi connectivity index (χ1v) is 14.4. The molecule has 0 aromatic heterocycles. The molecule has 0 aliphatic carbocycles. The predicted molar refractivity (Wildman–Crippen MR) is 156 cm³/mol. The first-order chi connectivity index (χ1) is 19.0. The number of benzene rings is 2. The van der Waals surface area contributed by atoms with E-state index in [-0.39, 0.29) is 37.6 Å². The van der Waals surface area contributed by atoms with Gasteiger partial charge < -0.3 is 20.6 Å². The molecule has 3 N–H and O–H groups in total. The van der Waals surface area contributed by atoms with E-state index < -0.39 is 29.2 Å². The Balaban J connectivity index is 2.08. The summed E-state index contributed by atoms with van der Waals surface area (Å²) in [4.78, 5) is 27.9. The van der Waals surface area contributed by atoms with Crippen molar-refractivity contribution in [3.63, 3.8) is 0 Å². The van der Waals surface area contributed by atoms with E-state index in [1.54, 1.807) is 0 Å². The van der Waals surface area contributed by atoms with E-state index in [2.05, 4.69) is 29.7 Å². The molecular formula is C32H47F2N3O3. The maximum Gasteiger partial charge on any atom is 0.223 e. The maximum absolute atomic E-state index is 13.9. The molecule has 2 aromatic carbocycles. The van der Waals surface area contributed by atoms with Gasteiger partial charge in [-0.3, -0.25) is 9.59 Å². The predicted octanol–water partition coefficient (Wildman–Crippen LogP) is 5.16. The number of aryl methyl sites for hydroxylation is 1. The van der Waals surface area contributed by atoms with E-state index in [1.165, 1.54) is 17.7 Å². The van der Waals surface area contributed by atoms with E-state index in [9.17, 15) is 23.5 Å². The third-order valence-electron chi connectivity index (χ3n) is 6.88. The van der Waals surface area contributed by atoms with Crippen LogP contribution in [0.5, 0.6) is 0 Å². The molecule has 0 bridgehead atoms. The number of aliphatic hydroxyl groups excluding tert-OH is 1. The van der Waals surface area contributed by atoms with Crippen LogP contribution in [0.1, 0.15) is 77.0 Å². The Morgan fingerprint density at radius 2 is 1.55 bits per heavy atom. The van der Waals surface area contributed by atoms with Gasteiger partial charge in [0.1, 0.15) is 11.6 Å². The number of aliphatic hydroxyl groups is 1. The SMILES string of the molecule is CCCN(CCC)C(=O)CC(C)(C)CC(=O)N[C@@H](Cc1cc(F)cc(F)c1)[C@H](O)CNCc1cccc(CC)c1. The Morgan fingerprint density at radius 1 is 0.925 bits per heavy atom. The number of amides is 2. The van der Waals surface area contributed by atoms with Crippen molar-refractivity contribution in [2.75, 3.05) is 19.6 Å². The van der Waals surface area contributed by atoms with Crippen LogP contribution in [0.25, 0.3) is 0 Å². The van der Waals surface area contributed by atoms with Gasteiger partial charge in [-0.25, -0.2) is 8.78 Å². The zero-order valence-corrected chi connectivity index (χ0v) is 24.7. The van der Waals surface area contributed by atoms with Crippen LogP contribution in [0.4, 0.5) is 8.78 Å². The van der Waals surface area contributed by atoms with Crippen LogP contribution >= 0.6 is 0 Å². The number of hydrogen-bond donors (Lipinski definition) is 3. The van der Waals surface area contributed by atoms with Gasteiger partial charge in [-0.05, 0) is 59.9 Å². The Hall–Kier alpha value is -2.84. The van der Waals surface area contributed by atoms with Crippen LogP contribution in [-0.4, -0.2) is 53.6 Å². The van der Waals surface area contributed by atoms with Crippen molar-refractivity contribution in [2.24, 2.45) is 5.41 Å². The lowest BCUT2D eigenvalue weighted by molar-refractivity contribution is -0.134. The number of nitrogens with zero attached hydrogens (tertiary/aromatic N) is 1. The summed E-state index contributed by atoms with van der Waals surface area (Å²) in [6.07, 6.45) is 1.99. The van der Waals surface area contributed by atoms with Crippen LogP contribution in [0, 0.1) is 17.0 Å². The van der Waals surface area contributed by atoms with E-state index in [0.717, 1.165) is 30.9 Å². The lowest BCUT2D eigenvalue weighted by atomic mass is 9.84. The van der Waals surface area contributed by atoms with Gasteiger partial charge in [-0.15, -0.1) is 0 Å². The van der Waals surface area contributed by atoms with E-state index in [4.69, 9.17) is 0 Å². The van der Waals surface area contributed by atoms with Crippen LogP contribution < -0.4 is 10.6 Å². The minimum absolute atomic E-state index is 0.0182. The highest BCUT2D eigenvalue weighted by Crippen LogP contribution is 2.26. The molecule has 6 nitrogen and oxygen atoms in total. The molecule has 2 rings (SSSR count). The lowest BCUT2D eigenvalue weighted by Gasteiger charge is -2.30. The summed E-state index contributed by atoms with van der Waals surface area (Å²) in [5.41, 5.74) is 2.02. The Morgan fingerprint density at radius 3 is 2.15 bits per heavy atom. The van der Waals surface area contributed by atoms with Crippen molar-refractivity contribution >= 4 is 11.8 Å². The van der Waals surface area contributed by atoms with Crippen molar-refractivity contribution in [2.45, 2.75) is 91.8 Å². The average molecular weight is 560 g/mol. The summed E-state index contributed by atoms with van der Waals surface area (Å²) in [5.74, 6) is -1.74. The Kier molecular flexibility index (Phi) is 13.7. The highest BCUT2D eigenvalue weighted by Gasteiger charge is 2.30. The minimum atomic E-state index is -1.01. The van der Waals surface area contributed by atoms with E-state index in [1.807, 2.05) is 44.7 Å². The number of hydrogen-bond acceptors (Lipinski definition) is 4. The first-order valence-electron chi connectivity index (χ1n) is 14.4. The van der Waals surface area contributed by atoms with Gasteiger partial charge in [-0.2, -0.15) is 0 Å². The first kappa shape index (κ1) is 33.4. The number of carbonyl (C=O) groups excluding carboxylic acids is 2. The van der Waals surface area contributed by atoms with Crippen LogP contribution in [0.15, 0.2) is 42.5 Å². The van der Waals surface area contributed by atoms with E-state index in [0.29, 0.717) is 25.2 Å². The molecule has 0 radical (unpaired) electrons. The molecule has 0 saturated carbocycles. The Bertz CT molecular complexity index is 1070. The second-order valence-electron chi connectivity index (χ2n) is 11.4. The molecule has 0 unspecified atom stereocenters. The van der Waals surface area contributed by atoms with Gasteiger partial charge in [0.2, 0.25) is 11.8 Å². The van der Waals surface area contributed by atoms with Crippen molar-refractivity contribution in [3.05, 3.63) is 70.8 Å². The molecule has 2 amide bonds. The summed E-state index contributed by atoms with van der Waals surface area (Å²) in [6.45, 7) is 12.0. The quantitative estimate of drug-likeness (QED) is 0.250. The third kappa shape index (κ3) is 11.7. The van der Waals surface area contributed by atoms with Gasteiger partial charge in [-0.1, -0.05) is 58.9 Å². The Labute approximate surface area is 238 Å². The van der Waals surface area contributed by atoms with Gasteiger partial charge in [0.25, 0.3) is 0 Å². The largest absolute Gasteiger partial charge is 0.390 e. The normalized spacial score (nSPS) is 13.1. The number of carbonyl (C=O) groups is 2. The monoisotopic (exact) mass is 559 g/mol. The van der Waals surface area contributed by atoms with Gasteiger partial charge in [0.15, 0.2) is 0 Å². The second kappa shape index (κ2) is 16.4. The number of rotatable bonds is 17. The van der Waals surface area contributed by atoms with Gasteiger partial charge in [0, 0.05) is 45.1 Å². The number of halogens is 2. The summed E-state index contributed by atoms with van der Waals surface area (Å²) in [6, 6.07) is 10.6. The molecule has 2 atom stereocenters. The van der Waals surface area contributed by atoms with Crippen molar-refractivity contribution in [1.82, 2.24) is 15.5 Å². The molecule has 2 aromatic rings. The van der Waals surface area contributed by atoms with Gasteiger partial charge >= 0.3 is 0 Å². The summed E-state index contributed by atoms with van der Waals surface area (Å²) in [7, 11) is 0. The van der Waals surface area contributed by atoms with Crippen LogP contribution in [-0.2, 0) is 29.0 Å². The topological polar surface area (TPSA) is 81.7 Å². The lowest BCUT2D eigenvalue weighted by Crippen LogP contribution is -2.49. The molecule has 0 aliphatic heterocycles. The zero-order valence-electron chi connectivity index (χ0n) is 24.7. The zero-order chi connectivity index (χ0) is 29.7. The minimum Gasteiger partial charge on any atom is -0.390 e. The number of nitrogens with one attached hydrogen (secondary N) is 2. The highest BCUT2D eigenvalue weighted by molar-refractivity contribution is 5.80. The molecule has 0 aliphatic rings. The van der Waals surface area contributed by atoms with Crippen LogP contribution in [0.2, 0.25) is 0 Å². The van der Waals surface area contributed by atoms with Crippen molar-refractivity contribution < 1.29 is 23.5 Å². The third-order valence-corrected chi connectivity index (χ3v) is 6.88. The molecule has 40 heavy (non-hydrogen) atoms. The summed E-state index contributed by atoms with van der Waals surface area (Å²) in [5, 5.41) is 17.2. The molecule has 0 spiro atoms. The molecule has 0 fully saturated rings. The molecule has 0 heterocycles. The molecule has 8 heteroatoms. The molecular weight excluding hydrogens is 512 g/mol. The maximum atomic E-state index is 13.9. The summed E-state index contributed by atoms with van der Waals surface area (Å²) >= 11 is 0. The fourth-order valence-corrected chi connectivity index (χ4v) is 4.91. The van der Waals surface area contributed by atoms with E-state index >= 15 is 0 Å². The average Bonchev–Trinajstić information content (AvgIpc) is 2.87. The smallest absolute Gasteiger partial charge is 0.223 e. The van der Waals surface area contributed by atoms with Crippen LogP contribution in [0.3, 0.4) is 0 Å². The van der Waals surface area contributed by atoms with Gasteiger partial charge in [0.05, 0.1) is 12.1 Å². The molecule has 0 saturated heterocycles. The highest BCUT2D eigenvalue weighted by atomic mass is 19.1.